The topological polar surface area (TPSA) is 12.9 Å². The zero-order chi connectivity index (χ0) is 22.7. The zero-order valence-electron chi connectivity index (χ0n) is 19.0. The predicted molar refractivity (Wildman–Crippen MR) is 147 cm³/mol. The van der Waals surface area contributed by atoms with Crippen LogP contribution >= 0.6 is 0 Å². The molecule has 1 aliphatic heterocycles. The molecule has 0 bridgehead atoms. The van der Waals surface area contributed by atoms with E-state index in [1.54, 1.807) is 0 Å². The molecule has 0 fully saturated rings. The Hall–Kier alpha value is -4.01. The third kappa shape index (κ3) is 2.46. The van der Waals surface area contributed by atoms with Gasteiger partial charge in [-0.2, -0.15) is 0 Å². The fraction of sp³-hybridized carbons (Fsp3) is 0.0312. The summed E-state index contributed by atoms with van der Waals surface area (Å²) in [5.74, 6) is 0. The highest BCUT2D eigenvalue weighted by atomic mass is 28.3. The molecule has 0 radical (unpaired) electrons. The van der Waals surface area contributed by atoms with Crippen LogP contribution in [0.15, 0.2) is 122 Å². The maximum Gasteiger partial charge on any atom is 0.181 e. The third-order valence-electron chi connectivity index (χ3n) is 7.46. The van der Waals surface area contributed by atoms with E-state index >= 15 is 0 Å². The molecule has 0 aliphatic carbocycles. The van der Waals surface area contributed by atoms with Crippen molar-refractivity contribution in [2.75, 3.05) is 0 Å². The van der Waals surface area contributed by atoms with Crippen LogP contribution in [0.3, 0.4) is 0 Å². The van der Waals surface area contributed by atoms with Crippen molar-refractivity contribution >= 4 is 50.4 Å². The van der Waals surface area contributed by atoms with Crippen LogP contribution in [0.5, 0.6) is 0 Å². The Labute approximate surface area is 200 Å². The molecule has 2 heterocycles. The second-order valence-electron chi connectivity index (χ2n) is 9.25. The van der Waals surface area contributed by atoms with Crippen LogP contribution in [-0.2, 0) is 0 Å². The van der Waals surface area contributed by atoms with Crippen LogP contribution in [0.4, 0.5) is 0 Å². The Morgan fingerprint density at radius 2 is 1.24 bits per heavy atom. The molecule has 1 aromatic heterocycles. The molecule has 5 aromatic carbocycles. The van der Waals surface area contributed by atoms with Crippen molar-refractivity contribution in [3.8, 4) is 11.1 Å². The Bertz CT molecular complexity index is 1670. The number of fused-ring (bicyclic) bond motifs is 8. The van der Waals surface area contributed by atoms with E-state index in [0.717, 1.165) is 0 Å². The van der Waals surface area contributed by atoms with Crippen molar-refractivity contribution in [1.82, 2.24) is 4.98 Å². The van der Waals surface area contributed by atoms with Crippen molar-refractivity contribution in [3.05, 3.63) is 127 Å². The number of nitrogens with zero attached hydrogens (tertiary/aromatic N) is 1. The van der Waals surface area contributed by atoms with E-state index in [1.165, 1.54) is 59.0 Å². The molecule has 0 spiro atoms. The summed E-state index contributed by atoms with van der Waals surface area (Å²) in [7, 11) is -2.57. The quantitative estimate of drug-likeness (QED) is 0.266. The zero-order valence-corrected chi connectivity index (χ0v) is 20.0. The van der Waals surface area contributed by atoms with E-state index in [9.17, 15) is 0 Å². The Balaban J connectivity index is 1.82. The lowest BCUT2D eigenvalue weighted by Crippen LogP contribution is -2.73. The minimum atomic E-state index is -2.57. The van der Waals surface area contributed by atoms with Gasteiger partial charge in [0.2, 0.25) is 0 Å². The highest BCUT2D eigenvalue weighted by molar-refractivity contribution is 7.23. The summed E-state index contributed by atoms with van der Waals surface area (Å²) in [6.45, 7) is 2.22. The summed E-state index contributed by atoms with van der Waals surface area (Å²) >= 11 is 0. The van der Waals surface area contributed by atoms with E-state index < -0.39 is 8.07 Å². The lowest BCUT2D eigenvalue weighted by atomic mass is 9.94. The summed E-state index contributed by atoms with van der Waals surface area (Å²) in [5.41, 5.74) is 4.10. The van der Waals surface area contributed by atoms with Crippen LogP contribution in [0, 0.1) is 6.92 Å². The average molecular weight is 450 g/mol. The lowest BCUT2D eigenvalue weighted by molar-refractivity contribution is 1.37. The van der Waals surface area contributed by atoms with Crippen molar-refractivity contribution in [2.24, 2.45) is 0 Å². The molecule has 160 valence electrons. The van der Waals surface area contributed by atoms with E-state index in [1.807, 2.05) is 6.20 Å². The van der Waals surface area contributed by atoms with Crippen LogP contribution < -0.4 is 20.7 Å². The molecule has 0 atom stereocenters. The second-order valence-corrected chi connectivity index (χ2v) is 12.9. The highest BCUT2D eigenvalue weighted by Crippen LogP contribution is 2.39. The standard InChI is InChI=1S/C32H23NSi/c1-22-16-17-28-30(20-22)34(23-10-4-2-5-11-23,24-12-6-3-7-13-24)32-27-18-19-33-21-29(27)25-14-8-9-15-26(25)31(28)32/h2-21H,1H3. The largest absolute Gasteiger partial charge is 0.264 e. The van der Waals surface area contributed by atoms with Gasteiger partial charge in [0.25, 0.3) is 0 Å². The number of aryl methyl sites for hydroxylation is 1. The van der Waals surface area contributed by atoms with Crippen molar-refractivity contribution < 1.29 is 0 Å². The van der Waals surface area contributed by atoms with Gasteiger partial charge in [-0.25, -0.2) is 0 Å². The number of benzene rings is 5. The average Bonchev–Trinajstić information content (AvgIpc) is 3.21. The third-order valence-corrected chi connectivity index (χ3v) is 12.4. The molecular weight excluding hydrogens is 426 g/mol. The molecular formula is C32H23NSi. The molecule has 0 N–H and O–H groups in total. The first-order valence-electron chi connectivity index (χ1n) is 11.8. The van der Waals surface area contributed by atoms with Gasteiger partial charge in [-0.15, -0.1) is 0 Å². The second kappa shape index (κ2) is 7.24. The first-order valence-corrected chi connectivity index (χ1v) is 13.8. The van der Waals surface area contributed by atoms with Crippen LogP contribution in [0.25, 0.3) is 32.7 Å². The molecule has 0 unspecified atom stereocenters. The molecule has 0 saturated carbocycles. The van der Waals surface area contributed by atoms with Crippen molar-refractivity contribution in [2.45, 2.75) is 6.92 Å². The van der Waals surface area contributed by atoms with E-state index in [2.05, 4.69) is 127 Å². The molecule has 1 aliphatic rings. The summed E-state index contributed by atoms with van der Waals surface area (Å²) in [4.78, 5) is 4.56. The molecule has 6 aromatic rings. The first kappa shape index (κ1) is 19.5. The maximum atomic E-state index is 4.56. The number of hydrogen-bond donors (Lipinski definition) is 0. The fourth-order valence-corrected chi connectivity index (χ4v) is 11.7. The summed E-state index contributed by atoms with van der Waals surface area (Å²) < 4.78 is 0. The van der Waals surface area contributed by atoms with Gasteiger partial charge in [0.05, 0.1) is 0 Å². The van der Waals surface area contributed by atoms with E-state index in [4.69, 9.17) is 0 Å². The predicted octanol–water partition coefficient (Wildman–Crippen LogP) is 5.05. The van der Waals surface area contributed by atoms with Gasteiger partial charge in [-0.1, -0.05) is 109 Å². The normalized spacial score (nSPS) is 13.7. The smallest absolute Gasteiger partial charge is 0.181 e. The molecule has 34 heavy (non-hydrogen) atoms. The number of aromatic nitrogens is 1. The fourth-order valence-electron chi connectivity index (χ4n) is 6.17. The Morgan fingerprint density at radius 3 is 1.94 bits per heavy atom. The lowest BCUT2D eigenvalue weighted by Gasteiger charge is -2.32. The molecule has 1 nitrogen and oxygen atoms in total. The van der Waals surface area contributed by atoms with Crippen molar-refractivity contribution in [3.63, 3.8) is 0 Å². The number of hydrogen-bond acceptors (Lipinski definition) is 1. The summed E-state index contributed by atoms with van der Waals surface area (Å²) in [6, 6.07) is 40.7. The molecule has 0 saturated heterocycles. The SMILES string of the molecule is Cc1ccc2c(c1)[Si](c1ccccc1)(c1ccccc1)c1c-2c2ccccc2c2cnccc12. The summed E-state index contributed by atoms with van der Waals surface area (Å²) in [5, 5.41) is 11.0. The minimum Gasteiger partial charge on any atom is -0.264 e. The van der Waals surface area contributed by atoms with Gasteiger partial charge in [0.15, 0.2) is 8.07 Å². The van der Waals surface area contributed by atoms with Gasteiger partial charge >= 0.3 is 0 Å². The van der Waals surface area contributed by atoms with Crippen LogP contribution in [0.1, 0.15) is 5.56 Å². The Morgan fingerprint density at radius 1 is 0.588 bits per heavy atom. The van der Waals surface area contributed by atoms with Crippen molar-refractivity contribution in [1.29, 1.82) is 0 Å². The molecule has 7 rings (SSSR count). The highest BCUT2D eigenvalue weighted by Gasteiger charge is 2.50. The molecule has 2 heteroatoms. The molecule has 0 amide bonds. The Kier molecular flexibility index (Phi) is 4.14. The van der Waals surface area contributed by atoms with Gasteiger partial charge in [0.1, 0.15) is 0 Å². The maximum absolute atomic E-state index is 4.56. The van der Waals surface area contributed by atoms with E-state index in [0.29, 0.717) is 0 Å². The minimum absolute atomic E-state index is 1.24. The number of rotatable bonds is 2. The first-order chi connectivity index (χ1) is 16.8. The van der Waals surface area contributed by atoms with Crippen LogP contribution in [0.2, 0.25) is 0 Å². The van der Waals surface area contributed by atoms with Gasteiger partial charge in [-0.05, 0) is 61.0 Å². The van der Waals surface area contributed by atoms with Crippen LogP contribution in [-0.4, -0.2) is 13.1 Å². The van der Waals surface area contributed by atoms with Gasteiger partial charge in [0, 0.05) is 17.8 Å². The van der Waals surface area contributed by atoms with Gasteiger partial charge < -0.3 is 0 Å². The van der Waals surface area contributed by atoms with E-state index in [-0.39, 0.29) is 0 Å². The monoisotopic (exact) mass is 449 g/mol. The van der Waals surface area contributed by atoms with Gasteiger partial charge in [-0.3, -0.25) is 4.98 Å². The summed E-state index contributed by atoms with van der Waals surface area (Å²) in [6.07, 6.45) is 4.02. The number of pyridine rings is 1.